The maximum Gasteiger partial charge on any atom is 0.355 e. The number of oxime groups is 1. The van der Waals surface area contributed by atoms with Gasteiger partial charge in [0.15, 0.2) is 6.10 Å². The van der Waals surface area contributed by atoms with Crippen LogP contribution in [-0.4, -0.2) is 28.3 Å². The minimum absolute atomic E-state index is 0.298. The number of ether oxygens (including phenoxy) is 1. The quantitative estimate of drug-likeness (QED) is 0.875. The first-order chi connectivity index (χ1) is 10.3. The molecule has 108 valence electrons. The van der Waals surface area contributed by atoms with Crippen molar-refractivity contribution in [2.45, 2.75) is 19.4 Å². The van der Waals surface area contributed by atoms with Gasteiger partial charge in [0.25, 0.3) is 0 Å². The zero-order chi connectivity index (χ0) is 14.7. The van der Waals surface area contributed by atoms with Crippen LogP contribution in [-0.2, 0) is 9.57 Å². The lowest BCUT2D eigenvalue weighted by Gasteiger charge is -2.09. The van der Waals surface area contributed by atoms with Gasteiger partial charge >= 0.3 is 5.97 Å². The molecule has 0 radical (unpaired) electrons. The Balaban J connectivity index is 1.77. The predicted octanol–water partition coefficient (Wildman–Crippen LogP) is 2.45. The molecule has 2 aromatic heterocycles. The number of nitrogens with one attached hydrogen (secondary N) is 1. The Morgan fingerprint density at radius 2 is 2.38 bits per heavy atom. The van der Waals surface area contributed by atoms with Gasteiger partial charge in [0.1, 0.15) is 11.4 Å². The van der Waals surface area contributed by atoms with Crippen LogP contribution in [0.1, 0.15) is 41.2 Å². The Morgan fingerprint density at radius 3 is 3.14 bits per heavy atom. The molecule has 0 bridgehead atoms. The summed E-state index contributed by atoms with van der Waals surface area (Å²) in [5.41, 5.74) is 2.73. The van der Waals surface area contributed by atoms with Crippen LogP contribution in [0.3, 0.4) is 0 Å². The number of aromatic amines is 1. The second-order valence-electron chi connectivity index (χ2n) is 4.58. The van der Waals surface area contributed by atoms with Crippen LogP contribution < -0.4 is 0 Å². The fraction of sp³-hybridized carbons (Fsp3) is 0.267. The highest BCUT2D eigenvalue weighted by Gasteiger charge is 2.29. The van der Waals surface area contributed by atoms with Crippen molar-refractivity contribution in [1.29, 1.82) is 0 Å². The zero-order valence-corrected chi connectivity index (χ0v) is 11.6. The van der Waals surface area contributed by atoms with E-state index in [1.807, 2.05) is 24.3 Å². The fourth-order valence-corrected chi connectivity index (χ4v) is 2.26. The third kappa shape index (κ3) is 2.65. The Bertz CT molecular complexity index is 664. The number of aromatic nitrogens is 2. The summed E-state index contributed by atoms with van der Waals surface area (Å²) in [5, 5.41) is 4.08. The van der Waals surface area contributed by atoms with Crippen LogP contribution >= 0.6 is 0 Å². The molecule has 1 atom stereocenters. The number of carbonyl (C=O) groups excluding carboxylic acids is 1. The molecule has 0 spiro atoms. The number of hydrogen-bond acceptors (Lipinski definition) is 5. The topological polar surface area (TPSA) is 76.6 Å². The van der Waals surface area contributed by atoms with Gasteiger partial charge in [-0.3, -0.25) is 4.98 Å². The fourth-order valence-electron chi connectivity index (χ4n) is 2.26. The van der Waals surface area contributed by atoms with E-state index in [0.717, 1.165) is 17.0 Å². The molecule has 0 amide bonds. The highest BCUT2D eigenvalue weighted by atomic mass is 16.6. The van der Waals surface area contributed by atoms with Gasteiger partial charge < -0.3 is 14.6 Å². The third-order valence-electron chi connectivity index (χ3n) is 3.24. The number of hydrogen-bond donors (Lipinski definition) is 1. The highest BCUT2D eigenvalue weighted by Crippen LogP contribution is 2.31. The van der Waals surface area contributed by atoms with Gasteiger partial charge in [0.2, 0.25) is 0 Å². The van der Waals surface area contributed by atoms with Crippen molar-refractivity contribution >= 4 is 11.7 Å². The van der Waals surface area contributed by atoms with Crippen LogP contribution in [0.4, 0.5) is 0 Å². The van der Waals surface area contributed by atoms with Gasteiger partial charge in [-0.05, 0) is 25.1 Å². The van der Waals surface area contributed by atoms with Crippen LogP contribution in [0.5, 0.6) is 0 Å². The molecule has 0 saturated carbocycles. The molecule has 0 fully saturated rings. The first kappa shape index (κ1) is 13.4. The van der Waals surface area contributed by atoms with E-state index in [2.05, 4.69) is 15.1 Å². The van der Waals surface area contributed by atoms with Crippen LogP contribution in [0.2, 0.25) is 0 Å². The monoisotopic (exact) mass is 285 g/mol. The van der Waals surface area contributed by atoms with Crippen molar-refractivity contribution in [2.75, 3.05) is 6.61 Å². The van der Waals surface area contributed by atoms with Gasteiger partial charge in [-0.25, -0.2) is 4.79 Å². The number of esters is 1. The molecule has 6 nitrogen and oxygen atoms in total. The molecule has 2 aromatic rings. The van der Waals surface area contributed by atoms with Crippen molar-refractivity contribution in [3.05, 3.63) is 53.6 Å². The van der Waals surface area contributed by atoms with E-state index in [-0.39, 0.29) is 12.1 Å². The van der Waals surface area contributed by atoms with Gasteiger partial charge in [0, 0.05) is 24.4 Å². The lowest BCUT2D eigenvalue weighted by Crippen LogP contribution is -2.11. The maximum atomic E-state index is 11.9. The largest absolute Gasteiger partial charge is 0.461 e. The molecule has 21 heavy (non-hydrogen) atoms. The Labute approximate surface area is 121 Å². The van der Waals surface area contributed by atoms with E-state index in [4.69, 9.17) is 9.57 Å². The Kier molecular flexibility index (Phi) is 3.68. The van der Waals surface area contributed by atoms with Gasteiger partial charge in [-0.1, -0.05) is 11.2 Å². The summed E-state index contributed by atoms with van der Waals surface area (Å²) in [6, 6.07) is 7.45. The van der Waals surface area contributed by atoms with E-state index in [9.17, 15) is 4.79 Å². The van der Waals surface area contributed by atoms with Crippen molar-refractivity contribution in [3.63, 3.8) is 0 Å². The van der Waals surface area contributed by atoms with Crippen molar-refractivity contribution < 1.29 is 14.4 Å². The summed E-state index contributed by atoms with van der Waals surface area (Å²) < 4.78 is 5.02. The maximum absolute atomic E-state index is 11.9. The molecule has 6 heteroatoms. The molecule has 0 aliphatic carbocycles. The second-order valence-corrected chi connectivity index (χ2v) is 4.58. The van der Waals surface area contributed by atoms with E-state index < -0.39 is 0 Å². The summed E-state index contributed by atoms with van der Waals surface area (Å²) in [4.78, 5) is 24.5. The van der Waals surface area contributed by atoms with Crippen molar-refractivity contribution in [2.24, 2.45) is 5.16 Å². The van der Waals surface area contributed by atoms with E-state index in [1.165, 1.54) is 0 Å². The van der Waals surface area contributed by atoms with Gasteiger partial charge in [-0.15, -0.1) is 0 Å². The molecule has 1 N–H and O–H groups in total. The first-order valence-corrected chi connectivity index (χ1v) is 6.78. The molecule has 1 aliphatic rings. The van der Waals surface area contributed by atoms with Crippen LogP contribution in [0, 0.1) is 0 Å². The third-order valence-corrected chi connectivity index (χ3v) is 3.24. The van der Waals surface area contributed by atoms with Crippen LogP contribution in [0.25, 0.3) is 0 Å². The summed E-state index contributed by atoms with van der Waals surface area (Å²) in [6.07, 6.45) is 3.68. The average molecular weight is 285 g/mol. The van der Waals surface area contributed by atoms with E-state index >= 15 is 0 Å². The van der Waals surface area contributed by atoms with Crippen molar-refractivity contribution in [1.82, 2.24) is 9.97 Å². The van der Waals surface area contributed by atoms with Crippen LogP contribution in [0.15, 0.2) is 41.8 Å². The summed E-state index contributed by atoms with van der Waals surface area (Å²) in [6.45, 7) is 2.10. The molecule has 0 aromatic carbocycles. The zero-order valence-electron chi connectivity index (χ0n) is 11.6. The predicted molar refractivity (Wildman–Crippen MR) is 76.0 cm³/mol. The molecule has 1 aliphatic heterocycles. The van der Waals surface area contributed by atoms with Crippen molar-refractivity contribution in [3.8, 4) is 0 Å². The Hall–Kier alpha value is -2.63. The molecule has 3 heterocycles. The average Bonchev–Trinajstić information content (AvgIpc) is 3.17. The SMILES string of the molecule is CCOC(=O)c1[nH]ccc1C1CC(c2ccccn2)=NO1. The molecular formula is C15H15N3O3. The summed E-state index contributed by atoms with van der Waals surface area (Å²) in [5.74, 6) is -0.382. The molecular weight excluding hydrogens is 270 g/mol. The highest BCUT2D eigenvalue weighted by molar-refractivity contribution is 6.00. The molecule has 3 rings (SSSR count). The molecule has 1 unspecified atom stereocenters. The lowest BCUT2D eigenvalue weighted by atomic mass is 10.0. The van der Waals surface area contributed by atoms with Gasteiger partial charge in [0.05, 0.1) is 12.3 Å². The minimum atomic E-state index is -0.382. The number of nitrogens with zero attached hydrogens (tertiary/aromatic N) is 2. The standard InChI is InChI=1S/C15H15N3O3/c1-2-20-15(19)14-10(6-8-17-14)13-9-12(18-21-13)11-5-3-4-7-16-11/h3-8,13,17H,2,9H2,1H3. The first-order valence-electron chi connectivity index (χ1n) is 6.78. The smallest absolute Gasteiger partial charge is 0.355 e. The second kappa shape index (κ2) is 5.78. The Morgan fingerprint density at radius 1 is 1.48 bits per heavy atom. The summed E-state index contributed by atoms with van der Waals surface area (Å²) >= 11 is 0. The number of rotatable bonds is 4. The number of H-pyrrole nitrogens is 1. The number of pyridine rings is 1. The summed E-state index contributed by atoms with van der Waals surface area (Å²) in [7, 11) is 0. The normalized spacial score (nSPS) is 17.2. The minimum Gasteiger partial charge on any atom is -0.461 e. The number of carbonyl (C=O) groups is 1. The van der Waals surface area contributed by atoms with E-state index in [1.54, 1.807) is 19.3 Å². The lowest BCUT2D eigenvalue weighted by molar-refractivity contribution is 0.0500. The van der Waals surface area contributed by atoms with E-state index in [0.29, 0.717) is 18.7 Å². The molecule has 0 saturated heterocycles. The van der Waals surface area contributed by atoms with Gasteiger partial charge in [-0.2, -0.15) is 0 Å².